The van der Waals surface area contributed by atoms with Crippen LogP contribution in [0.1, 0.15) is 0 Å². The van der Waals surface area contributed by atoms with Crippen molar-refractivity contribution in [2.45, 2.75) is 0 Å². The Bertz CT molecular complexity index is 1200. The van der Waals surface area contributed by atoms with Gasteiger partial charge in [0.2, 0.25) is 0 Å². The molecule has 0 unspecified atom stereocenters. The third-order valence-electron chi connectivity index (χ3n) is 3.95. The summed E-state index contributed by atoms with van der Waals surface area (Å²) in [7, 11) is 0. The second-order valence-electron chi connectivity index (χ2n) is 5.79. The third-order valence-corrected chi connectivity index (χ3v) is 4.39. The first kappa shape index (κ1) is 17.3. The first-order valence-corrected chi connectivity index (χ1v) is 8.67. The summed E-state index contributed by atoms with van der Waals surface area (Å²) in [6.07, 6.45) is 1.49. The molecule has 0 fully saturated rings. The SMILES string of the molecule is O=c1nc(Nc2cccc(-c3cc(Cl)cc(Cl)c3)c2)c2cccnc2n1O. The number of benzene rings is 2. The highest BCUT2D eigenvalue weighted by molar-refractivity contribution is 6.35. The Hall–Kier alpha value is -3.09. The zero-order valence-corrected chi connectivity index (χ0v) is 15.2. The van der Waals surface area contributed by atoms with Gasteiger partial charge >= 0.3 is 5.69 Å². The lowest BCUT2D eigenvalue weighted by atomic mass is 10.1. The minimum atomic E-state index is -0.818. The molecule has 0 bridgehead atoms. The summed E-state index contributed by atoms with van der Waals surface area (Å²) in [5.41, 5.74) is 1.76. The molecule has 0 atom stereocenters. The predicted octanol–water partition coefficient (Wildman–Crippen LogP) is 4.75. The molecule has 2 aromatic carbocycles. The van der Waals surface area contributed by atoms with E-state index in [9.17, 15) is 10.0 Å². The zero-order chi connectivity index (χ0) is 19.0. The van der Waals surface area contributed by atoms with Gasteiger partial charge in [-0.1, -0.05) is 35.3 Å². The summed E-state index contributed by atoms with van der Waals surface area (Å²) >= 11 is 12.2. The third kappa shape index (κ3) is 3.45. The fraction of sp³-hybridized carbons (Fsp3) is 0. The molecule has 2 N–H and O–H groups in total. The molecule has 2 heterocycles. The maximum absolute atomic E-state index is 11.9. The topological polar surface area (TPSA) is 80.0 Å². The number of hydrogen-bond donors (Lipinski definition) is 2. The van der Waals surface area contributed by atoms with Crippen LogP contribution in [0.2, 0.25) is 10.0 Å². The van der Waals surface area contributed by atoms with Gasteiger partial charge in [0, 0.05) is 21.9 Å². The monoisotopic (exact) mass is 398 g/mol. The molecular formula is C19H12Cl2N4O2. The molecule has 0 aliphatic rings. The van der Waals surface area contributed by atoms with Crippen LogP contribution in [0.4, 0.5) is 11.5 Å². The number of fused-ring (bicyclic) bond motifs is 1. The predicted molar refractivity (Wildman–Crippen MR) is 106 cm³/mol. The van der Waals surface area contributed by atoms with Crippen LogP contribution in [0, 0.1) is 0 Å². The molecule has 6 nitrogen and oxygen atoms in total. The Morgan fingerprint density at radius 2 is 1.74 bits per heavy atom. The van der Waals surface area contributed by atoms with Gasteiger partial charge in [-0.25, -0.2) is 9.78 Å². The minimum absolute atomic E-state index is 0.123. The Kier molecular flexibility index (Phi) is 4.43. The zero-order valence-electron chi connectivity index (χ0n) is 13.7. The van der Waals surface area contributed by atoms with Crippen LogP contribution in [0.25, 0.3) is 22.2 Å². The number of nitrogens with zero attached hydrogens (tertiary/aromatic N) is 3. The van der Waals surface area contributed by atoms with Crippen molar-refractivity contribution in [2.24, 2.45) is 0 Å². The second kappa shape index (κ2) is 6.90. The van der Waals surface area contributed by atoms with Crippen molar-refractivity contribution in [3.8, 4) is 11.1 Å². The van der Waals surface area contributed by atoms with E-state index in [0.29, 0.717) is 31.7 Å². The molecule has 0 saturated heterocycles. The number of anilines is 2. The maximum atomic E-state index is 11.9. The van der Waals surface area contributed by atoms with E-state index < -0.39 is 5.69 Å². The van der Waals surface area contributed by atoms with Gasteiger partial charge in [0.05, 0.1) is 5.39 Å². The van der Waals surface area contributed by atoms with E-state index in [4.69, 9.17) is 23.2 Å². The van der Waals surface area contributed by atoms with Gasteiger partial charge in [-0.3, -0.25) is 0 Å². The van der Waals surface area contributed by atoms with E-state index in [-0.39, 0.29) is 5.65 Å². The van der Waals surface area contributed by atoms with Crippen molar-refractivity contribution < 1.29 is 5.21 Å². The molecule has 4 rings (SSSR count). The van der Waals surface area contributed by atoms with Crippen molar-refractivity contribution in [1.82, 2.24) is 14.7 Å². The quantitative estimate of drug-likeness (QED) is 0.486. The summed E-state index contributed by atoms with van der Waals surface area (Å²) in [6, 6.07) is 16.2. The largest absolute Gasteiger partial charge is 0.422 e. The van der Waals surface area contributed by atoms with Crippen LogP contribution in [0.15, 0.2) is 65.6 Å². The summed E-state index contributed by atoms with van der Waals surface area (Å²) in [4.78, 5) is 19.8. The molecule has 4 aromatic rings. The van der Waals surface area contributed by atoms with E-state index >= 15 is 0 Å². The van der Waals surface area contributed by atoms with Crippen LogP contribution < -0.4 is 11.0 Å². The molecule has 0 amide bonds. The number of hydrogen-bond acceptors (Lipinski definition) is 5. The number of rotatable bonds is 3. The Morgan fingerprint density at radius 3 is 2.52 bits per heavy atom. The second-order valence-corrected chi connectivity index (χ2v) is 6.67. The van der Waals surface area contributed by atoms with Crippen LogP contribution in [-0.2, 0) is 0 Å². The van der Waals surface area contributed by atoms with Crippen molar-refractivity contribution in [1.29, 1.82) is 0 Å². The van der Waals surface area contributed by atoms with E-state index in [1.54, 1.807) is 18.2 Å². The summed E-state index contributed by atoms with van der Waals surface area (Å²) in [5.74, 6) is 0.301. The lowest BCUT2D eigenvalue weighted by molar-refractivity contribution is 0.182. The van der Waals surface area contributed by atoms with Crippen LogP contribution >= 0.6 is 23.2 Å². The molecule has 8 heteroatoms. The van der Waals surface area contributed by atoms with Crippen LogP contribution in [0.5, 0.6) is 0 Å². The van der Waals surface area contributed by atoms with Gasteiger partial charge < -0.3 is 10.5 Å². The lowest BCUT2D eigenvalue weighted by Crippen LogP contribution is -2.23. The molecule has 0 saturated carbocycles. The Balaban J connectivity index is 1.77. The van der Waals surface area contributed by atoms with Crippen molar-refractivity contribution in [2.75, 3.05) is 5.32 Å². The fourth-order valence-electron chi connectivity index (χ4n) is 2.77. The van der Waals surface area contributed by atoms with E-state index in [0.717, 1.165) is 11.1 Å². The van der Waals surface area contributed by atoms with E-state index in [2.05, 4.69) is 15.3 Å². The highest BCUT2D eigenvalue weighted by Gasteiger charge is 2.11. The first-order valence-electron chi connectivity index (χ1n) is 7.92. The van der Waals surface area contributed by atoms with Gasteiger partial charge in [0.25, 0.3) is 0 Å². The van der Waals surface area contributed by atoms with Gasteiger partial charge in [0.1, 0.15) is 5.82 Å². The Labute approximate surface area is 163 Å². The van der Waals surface area contributed by atoms with E-state index in [1.807, 2.05) is 36.4 Å². The van der Waals surface area contributed by atoms with Crippen molar-refractivity contribution >= 4 is 45.7 Å². The molecule has 0 aliphatic carbocycles. The van der Waals surface area contributed by atoms with Gasteiger partial charge in [-0.2, -0.15) is 4.98 Å². The molecule has 0 aliphatic heterocycles. The smallest absolute Gasteiger partial charge is 0.384 e. The summed E-state index contributed by atoms with van der Waals surface area (Å²) in [6.45, 7) is 0. The van der Waals surface area contributed by atoms with Crippen LogP contribution in [-0.4, -0.2) is 19.9 Å². The molecule has 27 heavy (non-hydrogen) atoms. The average molecular weight is 399 g/mol. The minimum Gasteiger partial charge on any atom is -0.422 e. The molecule has 0 spiro atoms. The molecular weight excluding hydrogens is 387 g/mol. The number of aromatic nitrogens is 3. The highest BCUT2D eigenvalue weighted by atomic mass is 35.5. The number of pyridine rings is 1. The van der Waals surface area contributed by atoms with Gasteiger partial charge in [0.15, 0.2) is 5.65 Å². The normalized spacial score (nSPS) is 10.9. The maximum Gasteiger partial charge on any atom is 0.384 e. The van der Waals surface area contributed by atoms with Crippen LogP contribution in [0.3, 0.4) is 0 Å². The standard InChI is InChI=1S/C19H12Cl2N4O2/c20-13-7-12(8-14(21)10-13)11-3-1-4-15(9-11)23-17-16-5-2-6-22-18(16)25(27)19(26)24-17/h1-10,27H,(H,23,24,26). The summed E-state index contributed by atoms with van der Waals surface area (Å²) < 4.78 is 0.422. The van der Waals surface area contributed by atoms with Crippen molar-refractivity contribution in [3.05, 3.63) is 81.3 Å². The Morgan fingerprint density at radius 1 is 0.963 bits per heavy atom. The molecule has 134 valence electrons. The van der Waals surface area contributed by atoms with Gasteiger partial charge in [-0.05, 0) is 53.6 Å². The number of halogens is 2. The van der Waals surface area contributed by atoms with E-state index in [1.165, 1.54) is 6.20 Å². The molecule has 2 aromatic heterocycles. The van der Waals surface area contributed by atoms with Crippen molar-refractivity contribution in [3.63, 3.8) is 0 Å². The molecule has 0 radical (unpaired) electrons. The fourth-order valence-corrected chi connectivity index (χ4v) is 3.30. The lowest BCUT2D eigenvalue weighted by Gasteiger charge is -2.11. The number of nitrogens with one attached hydrogen (secondary N) is 1. The summed E-state index contributed by atoms with van der Waals surface area (Å²) in [5, 5.41) is 14.5. The van der Waals surface area contributed by atoms with Gasteiger partial charge in [-0.15, -0.1) is 4.73 Å². The first-order chi connectivity index (χ1) is 13.0. The average Bonchev–Trinajstić information content (AvgIpc) is 2.65. The highest BCUT2D eigenvalue weighted by Crippen LogP contribution is 2.30.